The molecular weight excluding hydrogens is 270 g/mol. The van der Waals surface area contributed by atoms with Gasteiger partial charge in [0.1, 0.15) is 0 Å². The highest BCUT2D eigenvalue weighted by Crippen LogP contribution is 2.28. The lowest BCUT2D eigenvalue weighted by atomic mass is 10.1. The van der Waals surface area contributed by atoms with Gasteiger partial charge in [-0.1, -0.05) is 12.1 Å². The van der Waals surface area contributed by atoms with Crippen molar-refractivity contribution in [2.75, 3.05) is 11.4 Å². The molecule has 0 spiro atoms. The average molecular weight is 285 g/mol. The maximum atomic E-state index is 12.7. The lowest BCUT2D eigenvalue weighted by Gasteiger charge is -2.22. The Morgan fingerprint density at radius 2 is 2.05 bits per heavy atom. The molecule has 0 atom stereocenters. The zero-order chi connectivity index (χ0) is 14.1. The number of hydrogen-bond donors (Lipinski definition) is 0. The molecule has 1 aromatic heterocycles. The minimum Gasteiger partial charge on any atom is -0.308 e. The van der Waals surface area contributed by atoms with E-state index in [1.165, 1.54) is 11.3 Å². The number of anilines is 1. The smallest absolute Gasteiger partial charge is 0.259 e. The fourth-order valence-corrected chi connectivity index (χ4v) is 3.36. The van der Waals surface area contributed by atoms with E-state index in [1.807, 2.05) is 41.9 Å². The van der Waals surface area contributed by atoms with Gasteiger partial charge in [0.2, 0.25) is 0 Å². The van der Waals surface area contributed by atoms with Gasteiger partial charge in [0.25, 0.3) is 5.91 Å². The number of ketones is 1. The molecule has 0 N–H and O–H groups in total. The molecule has 2 aromatic rings. The van der Waals surface area contributed by atoms with Crippen molar-refractivity contribution in [1.82, 2.24) is 0 Å². The predicted molar refractivity (Wildman–Crippen MR) is 80.7 cm³/mol. The number of hydrogen-bond acceptors (Lipinski definition) is 3. The van der Waals surface area contributed by atoms with Crippen molar-refractivity contribution in [1.29, 1.82) is 0 Å². The van der Waals surface area contributed by atoms with E-state index in [2.05, 4.69) is 0 Å². The Balaban J connectivity index is 2.06. The maximum absolute atomic E-state index is 12.7. The molecule has 0 fully saturated rings. The second kappa shape index (κ2) is 5.21. The van der Waals surface area contributed by atoms with Crippen molar-refractivity contribution in [3.8, 4) is 0 Å². The fraction of sp³-hybridized carbons (Fsp3) is 0.250. The molecule has 0 radical (unpaired) electrons. The van der Waals surface area contributed by atoms with E-state index < -0.39 is 0 Å². The number of aryl methyl sites for hydroxylation is 1. The molecule has 1 amide bonds. The highest BCUT2D eigenvalue weighted by Gasteiger charge is 2.26. The number of amides is 1. The third-order valence-electron chi connectivity index (χ3n) is 3.61. The quantitative estimate of drug-likeness (QED) is 0.801. The number of rotatable bonds is 1. The molecule has 20 heavy (non-hydrogen) atoms. The van der Waals surface area contributed by atoms with E-state index in [4.69, 9.17) is 0 Å². The van der Waals surface area contributed by atoms with Gasteiger partial charge < -0.3 is 4.90 Å². The molecule has 3 nitrogen and oxygen atoms in total. The van der Waals surface area contributed by atoms with Crippen molar-refractivity contribution < 1.29 is 9.59 Å². The van der Waals surface area contributed by atoms with E-state index in [9.17, 15) is 9.59 Å². The normalized spacial score (nSPS) is 14.8. The fourth-order valence-electron chi connectivity index (χ4n) is 2.53. The van der Waals surface area contributed by atoms with E-state index >= 15 is 0 Å². The summed E-state index contributed by atoms with van der Waals surface area (Å²) in [5.74, 6) is 0.115. The molecule has 0 saturated carbocycles. The second-order valence-electron chi connectivity index (χ2n) is 4.97. The lowest BCUT2D eigenvalue weighted by Crippen LogP contribution is -2.31. The molecular formula is C16H15NO2S. The first-order valence-electron chi connectivity index (χ1n) is 6.65. The Morgan fingerprint density at radius 1 is 1.25 bits per heavy atom. The van der Waals surface area contributed by atoms with E-state index in [0.717, 1.165) is 16.8 Å². The third kappa shape index (κ3) is 2.16. The summed E-state index contributed by atoms with van der Waals surface area (Å²) in [4.78, 5) is 26.6. The molecule has 1 aliphatic rings. The summed E-state index contributed by atoms with van der Waals surface area (Å²) in [5, 5.41) is 3.86. The highest BCUT2D eigenvalue weighted by molar-refractivity contribution is 7.08. The Hall–Kier alpha value is -1.94. The first kappa shape index (κ1) is 13.1. The van der Waals surface area contributed by atoms with Crippen LogP contribution in [-0.2, 0) is 0 Å². The van der Waals surface area contributed by atoms with Crippen LogP contribution in [0.25, 0.3) is 0 Å². The van der Waals surface area contributed by atoms with Crippen molar-refractivity contribution >= 4 is 28.7 Å². The zero-order valence-corrected chi connectivity index (χ0v) is 12.1. The molecule has 0 unspecified atom stereocenters. The lowest BCUT2D eigenvalue weighted by molar-refractivity contribution is 0.0973. The molecule has 4 heteroatoms. The predicted octanol–water partition coefficient (Wildman–Crippen LogP) is 3.68. The topological polar surface area (TPSA) is 37.4 Å². The molecule has 102 valence electrons. The van der Waals surface area contributed by atoms with Gasteiger partial charge in [0.15, 0.2) is 5.78 Å². The van der Waals surface area contributed by atoms with Gasteiger partial charge in [-0.25, -0.2) is 0 Å². The number of nitrogens with zero attached hydrogens (tertiary/aromatic N) is 1. The van der Waals surface area contributed by atoms with Crippen LogP contribution in [0.3, 0.4) is 0 Å². The summed E-state index contributed by atoms with van der Waals surface area (Å²) in [6.45, 7) is 2.54. The first-order chi connectivity index (χ1) is 9.68. The molecule has 2 heterocycles. The number of fused-ring (bicyclic) bond motifs is 1. The maximum Gasteiger partial charge on any atom is 0.259 e. The standard InChI is InChI=1S/C16H15NO2S/c1-11-9-20-10-13(11)16(19)17-8-4-7-15(18)12-5-2-3-6-14(12)17/h2-3,5-6,9-10H,4,7-8H2,1H3. The molecule has 1 aliphatic heterocycles. The summed E-state index contributed by atoms with van der Waals surface area (Å²) >= 11 is 1.53. The Morgan fingerprint density at radius 3 is 2.80 bits per heavy atom. The number of carbonyl (C=O) groups excluding carboxylic acids is 2. The van der Waals surface area contributed by atoms with E-state index in [0.29, 0.717) is 24.9 Å². The Labute approximate surface area is 121 Å². The average Bonchev–Trinajstić information content (AvgIpc) is 2.81. The number of para-hydroxylation sites is 1. The Kier molecular flexibility index (Phi) is 3.40. The summed E-state index contributed by atoms with van der Waals surface area (Å²) < 4.78 is 0. The number of thiophene rings is 1. The zero-order valence-electron chi connectivity index (χ0n) is 11.3. The van der Waals surface area contributed by atoms with Gasteiger partial charge in [-0.05, 0) is 36.4 Å². The number of Topliss-reactive ketones (excluding diaryl/α,β-unsaturated/α-hetero) is 1. The molecule has 1 aromatic carbocycles. The van der Waals surface area contributed by atoms with Crippen LogP contribution in [0.5, 0.6) is 0 Å². The van der Waals surface area contributed by atoms with Gasteiger partial charge in [0.05, 0.1) is 11.3 Å². The van der Waals surface area contributed by atoms with Crippen LogP contribution in [-0.4, -0.2) is 18.2 Å². The van der Waals surface area contributed by atoms with Crippen LogP contribution in [0.15, 0.2) is 35.0 Å². The van der Waals surface area contributed by atoms with Crippen molar-refractivity contribution in [2.24, 2.45) is 0 Å². The minimum absolute atomic E-state index is 0.00843. The third-order valence-corrected chi connectivity index (χ3v) is 4.47. The largest absolute Gasteiger partial charge is 0.308 e. The molecule has 0 saturated heterocycles. The SMILES string of the molecule is Cc1cscc1C(=O)N1CCCC(=O)c2ccccc21. The van der Waals surface area contributed by atoms with Crippen LogP contribution in [0, 0.1) is 6.92 Å². The van der Waals surface area contributed by atoms with Gasteiger partial charge in [-0.3, -0.25) is 9.59 Å². The Bertz CT molecular complexity index is 675. The van der Waals surface area contributed by atoms with Crippen LogP contribution in [0.1, 0.15) is 39.1 Å². The van der Waals surface area contributed by atoms with E-state index in [1.54, 1.807) is 4.90 Å². The van der Waals surface area contributed by atoms with Crippen LogP contribution < -0.4 is 4.90 Å². The number of benzene rings is 1. The monoisotopic (exact) mass is 285 g/mol. The first-order valence-corrected chi connectivity index (χ1v) is 7.59. The van der Waals surface area contributed by atoms with Crippen LogP contribution in [0.4, 0.5) is 5.69 Å². The summed E-state index contributed by atoms with van der Waals surface area (Å²) in [5.41, 5.74) is 3.13. The summed E-state index contributed by atoms with van der Waals surface area (Å²) in [6, 6.07) is 7.39. The van der Waals surface area contributed by atoms with Crippen molar-refractivity contribution in [3.63, 3.8) is 0 Å². The summed E-state index contributed by atoms with van der Waals surface area (Å²) in [6.07, 6.45) is 1.21. The summed E-state index contributed by atoms with van der Waals surface area (Å²) in [7, 11) is 0. The highest BCUT2D eigenvalue weighted by atomic mass is 32.1. The van der Waals surface area contributed by atoms with Crippen molar-refractivity contribution in [2.45, 2.75) is 19.8 Å². The van der Waals surface area contributed by atoms with Crippen LogP contribution in [0.2, 0.25) is 0 Å². The van der Waals surface area contributed by atoms with Gasteiger partial charge in [0, 0.05) is 23.9 Å². The second-order valence-corrected chi connectivity index (χ2v) is 5.71. The minimum atomic E-state index is -0.00843. The van der Waals surface area contributed by atoms with Gasteiger partial charge in [-0.15, -0.1) is 0 Å². The number of carbonyl (C=O) groups is 2. The van der Waals surface area contributed by atoms with Crippen molar-refractivity contribution in [3.05, 3.63) is 51.7 Å². The van der Waals surface area contributed by atoms with Crippen LogP contribution >= 0.6 is 11.3 Å². The van der Waals surface area contributed by atoms with Gasteiger partial charge >= 0.3 is 0 Å². The molecule has 0 aliphatic carbocycles. The van der Waals surface area contributed by atoms with E-state index in [-0.39, 0.29) is 11.7 Å². The molecule has 0 bridgehead atoms. The molecule has 3 rings (SSSR count). The van der Waals surface area contributed by atoms with Gasteiger partial charge in [-0.2, -0.15) is 11.3 Å².